The molecule has 3 N–H and O–H groups in total. The molecule has 1 atom stereocenters. The molecule has 0 bridgehead atoms. The normalized spacial score (nSPS) is 13.0. The van der Waals surface area contributed by atoms with Gasteiger partial charge in [-0.1, -0.05) is 19.9 Å². The number of nitrogens with two attached hydrogens (primary N) is 1. The van der Waals surface area contributed by atoms with Crippen LogP contribution in [0.15, 0.2) is 24.4 Å². The van der Waals surface area contributed by atoms with Crippen molar-refractivity contribution in [2.24, 2.45) is 11.7 Å². The quantitative estimate of drug-likeness (QED) is 0.687. The summed E-state index contributed by atoms with van der Waals surface area (Å²) in [4.78, 5) is 4.30. The van der Waals surface area contributed by atoms with Gasteiger partial charge in [-0.2, -0.15) is 0 Å². The summed E-state index contributed by atoms with van der Waals surface area (Å²) in [7, 11) is 0. The van der Waals surface area contributed by atoms with Gasteiger partial charge in [0.2, 0.25) is 0 Å². The zero-order chi connectivity index (χ0) is 11.8. The summed E-state index contributed by atoms with van der Waals surface area (Å²) in [6, 6.07) is 6.49. The van der Waals surface area contributed by atoms with E-state index in [1.54, 1.807) is 0 Å². The minimum atomic E-state index is 0.434. The molecule has 3 nitrogen and oxygen atoms in total. The predicted octanol–water partition coefficient (Wildman–Crippen LogP) is 1.59. The van der Waals surface area contributed by atoms with Crippen LogP contribution in [0.2, 0.25) is 0 Å². The molecule has 0 spiro atoms. The summed E-state index contributed by atoms with van der Waals surface area (Å²) < 4.78 is 0. The van der Waals surface area contributed by atoms with E-state index >= 15 is 0 Å². The van der Waals surface area contributed by atoms with Crippen LogP contribution in [0.3, 0.4) is 0 Å². The van der Waals surface area contributed by atoms with Crippen LogP contribution in [-0.2, 0) is 6.42 Å². The number of aryl methyl sites for hydroxylation is 1. The van der Waals surface area contributed by atoms with Crippen molar-refractivity contribution in [3.05, 3.63) is 30.1 Å². The first-order valence-corrected chi connectivity index (χ1v) is 6.07. The van der Waals surface area contributed by atoms with E-state index in [4.69, 9.17) is 5.73 Å². The zero-order valence-corrected chi connectivity index (χ0v) is 10.3. The standard InChI is InChI=1S/C13H23N3/c1-11(2)13(10-14)16-9-5-7-12-6-3-4-8-15-12/h3-4,6,8,11,13,16H,5,7,9-10,14H2,1-2H3. The second-order valence-electron chi connectivity index (χ2n) is 4.46. The van der Waals surface area contributed by atoms with Crippen molar-refractivity contribution in [1.29, 1.82) is 0 Å². The van der Waals surface area contributed by atoms with Crippen molar-refractivity contribution in [1.82, 2.24) is 10.3 Å². The molecular formula is C13H23N3. The molecule has 0 aliphatic carbocycles. The van der Waals surface area contributed by atoms with E-state index in [9.17, 15) is 0 Å². The Morgan fingerprint density at radius 2 is 2.19 bits per heavy atom. The zero-order valence-electron chi connectivity index (χ0n) is 10.3. The van der Waals surface area contributed by atoms with Crippen LogP contribution < -0.4 is 11.1 Å². The van der Waals surface area contributed by atoms with Crippen LogP contribution in [0.4, 0.5) is 0 Å². The van der Waals surface area contributed by atoms with E-state index in [2.05, 4.69) is 30.2 Å². The number of aromatic nitrogens is 1. The maximum Gasteiger partial charge on any atom is 0.0404 e. The molecule has 1 heterocycles. The lowest BCUT2D eigenvalue weighted by Crippen LogP contribution is -2.40. The van der Waals surface area contributed by atoms with Crippen molar-refractivity contribution >= 4 is 0 Å². The molecule has 0 saturated heterocycles. The minimum Gasteiger partial charge on any atom is -0.329 e. The SMILES string of the molecule is CC(C)C(CN)NCCCc1ccccn1. The lowest BCUT2D eigenvalue weighted by Gasteiger charge is -2.20. The molecule has 1 aromatic rings. The second kappa shape index (κ2) is 7.36. The number of hydrogen-bond acceptors (Lipinski definition) is 3. The van der Waals surface area contributed by atoms with Crippen molar-refractivity contribution in [2.75, 3.05) is 13.1 Å². The molecule has 0 aliphatic heterocycles. The Hall–Kier alpha value is -0.930. The highest BCUT2D eigenvalue weighted by molar-refractivity contribution is 5.03. The maximum atomic E-state index is 5.69. The third-order valence-corrected chi connectivity index (χ3v) is 2.80. The summed E-state index contributed by atoms with van der Waals surface area (Å²) in [6.45, 7) is 6.12. The molecular weight excluding hydrogens is 198 g/mol. The van der Waals surface area contributed by atoms with E-state index in [-0.39, 0.29) is 0 Å². The highest BCUT2D eigenvalue weighted by atomic mass is 14.9. The Bertz CT molecular complexity index is 272. The number of hydrogen-bond donors (Lipinski definition) is 2. The van der Waals surface area contributed by atoms with Crippen molar-refractivity contribution in [3.8, 4) is 0 Å². The lowest BCUT2D eigenvalue weighted by atomic mass is 10.0. The molecule has 0 aliphatic rings. The van der Waals surface area contributed by atoms with Crippen LogP contribution in [0, 0.1) is 5.92 Å². The molecule has 0 radical (unpaired) electrons. The molecule has 0 fully saturated rings. The second-order valence-corrected chi connectivity index (χ2v) is 4.46. The first-order chi connectivity index (χ1) is 7.74. The van der Waals surface area contributed by atoms with Gasteiger partial charge in [-0.05, 0) is 37.4 Å². The van der Waals surface area contributed by atoms with E-state index in [0.29, 0.717) is 18.5 Å². The Morgan fingerprint density at radius 3 is 2.75 bits per heavy atom. The summed E-state index contributed by atoms with van der Waals surface area (Å²) in [5, 5.41) is 3.49. The van der Waals surface area contributed by atoms with Gasteiger partial charge in [0.25, 0.3) is 0 Å². The fraction of sp³-hybridized carbons (Fsp3) is 0.615. The van der Waals surface area contributed by atoms with Crippen LogP contribution in [-0.4, -0.2) is 24.1 Å². The minimum absolute atomic E-state index is 0.434. The third kappa shape index (κ3) is 4.73. The van der Waals surface area contributed by atoms with Gasteiger partial charge in [-0.25, -0.2) is 0 Å². The molecule has 1 aromatic heterocycles. The highest BCUT2D eigenvalue weighted by Crippen LogP contribution is 2.01. The molecule has 3 heteroatoms. The summed E-state index contributed by atoms with van der Waals surface area (Å²) in [5.74, 6) is 0.597. The van der Waals surface area contributed by atoms with E-state index < -0.39 is 0 Å². The Balaban J connectivity index is 2.16. The monoisotopic (exact) mass is 221 g/mol. The highest BCUT2D eigenvalue weighted by Gasteiger charge is 2.09. The summed E-state index contributed by atoms with van der Waals surface area (Å²) >= 11 is 0. The van der Waals surface area contributed by atoms with Crippen molar-refractivity contribution in [2.45, 2.75) is 32.7 Å². The number of rotatable bonds is 7. The Kier molecular flexibility index (Phi) is 6.04. The average molecular weight is 221 g/mol. The average Bonchev–Trinajstić information content (AvgIpc) is 2.30. The van der Waals surface area contributed by atoms with Gasteiger partial charge in [0.15, 0.2) is 0 Å². The predicted molar refractivity (Wildman–Crippen MR) is 68.2 cm³/mol. The topological polar surface area (TPSA) is 50.9 Å². The molecule has 0 aromatic carbocycles. The van der Waals surface area contributed by atoms with Crippen LogP contribution in [0.25, 0.3) is 0 Å². The molecule has 16 heavy (non-hydrogen) atoms. The van der Waals surface area contributed by atoms with Gasteiger partial charge in [0, 0.05) is 24.5 Å². The van der Waals surface area contributed by atoms with Crippen LogP contribution in [0.1, 0.15) is 26.0 Å². The molecule has 0 saturated carbocycles. The van der Waals surface area contributed by atoms with E-state index in [0.717, 1.165) is 25.1 Å². The smallest absolute Gasteiger partial charge is 0.0404 e. The van der Waals surface area contributed by atoms with Gasteiger partial charge in [0.1, 0.15) is 0 Å². The van der Waals surface area contributed by atoms with E-state index in [1.165, 1.54) is 0 Å². The Morgan fingerprint density at radius 1 is 1.38 bits per heavy atom. The van der Waals surface area contributed by atoms with Gasteiger partial charge in [-0.15, -0.1) is 0 Å². The number of nitrogens with zero attached hydrogens (tertiary/aromatic N) is 1. The Labute approximate surface area is 98.5 Å². The van der Waals surface area contributed by atoms with Gasteiger partial charge < -0.3 is 11.1 Å². The summed E-state index contributed by atoms with van der Waals surface area (Å²) in [5.41, 5.74) is 6.86. The fourth-order valence-corrected chi connectivity index (χ4v) is 1.69. The molecule has 1 rings (SSSR count). The first-order valence-electron chi connectivity index (χ1n) is 6.07. The van der Waals surface area contributed by atoms with Gasteiger partial charge in [0.05, 0.1) is 0 Å². The number of nitrogens with one attached hydrogen (secondary N) is 1. The lowest BCUT2D eigenvalue weighted by molar-refractivity contribution is 0.404. The van der Waals surface area contributed by atoms with E-state index in [1.807, 2.05) is 18.3 Å². The van der Waals surface area contributed by atoms with Crippen molar-refractivity contribution < 1.29 is 0 Å². The first kappa shape index (κ1) is 13.1. The molecule has 0 amide bonds. The van der Waals surface area contributed by atoms with Gasteiger partial charge >= 0.3 is 0 Å². The number of pyridine rings is 1. The van der Waals surface area contributed by atoms with Crippen LogP contribution in [0.5, 0.6) is 0 Å². The third-order valence-electron chi connectivity index (χ3n) is 2.80. The molecule has 90 valence electrons. The van der Waals surface area contributed by atoms with Crippen LogP contribution >= 0.6 is 0 Å². The maximum absolute atomic E-state index is 5.69. The van der Waals surface area contributed by atoms with Gasteiger partial charge in [-0.3, -0.25) is 4.98 Å². The fourth-order valence-electron chi connectivity index (χ4n) is 1.69. The summed E-state index contributed by atoms with van der Waals surface area (Å²) in [6.07, 6.45) is 3.99. The van der Waals surface area contributed by atoms with Crippen molar-refractivity contribution in [3.63, 3.8) is 0 Å². The molecule has 1 unspecified atom stereocenters. The largest absolute Gasteiger partial charge is 0.329 e.